The summed E-state index contributed by atoms with van der Waals surface area (Å²) >= 11 is 8.27. The predicted molar refractivity (Wildman–Crippen MR) is 65.8 cm³/mol. The number of hydrogen-bond acceptors (Lipinski definition) is 3. The maximum Gasteiger partial charge on any atom is 0.112 e. The molecule has 0 aliphatic carbocycles. The SMILES string of the molecule is CC(C)OCC(O)c1cc(Br)c(Br)s1. The highest BCUT2D eigenvalue weighted by Gasteiger charge is 2.13. The Morgan fingerprint density at radius 1 is 1.50 bits per heavy atom. The summed E-state index contributed by atoms with van der Waals surface area (Å²) in [6, 6.07) is 1.91. The Bertz CT molecular complexity index is 280. The monoisotopic (exact) mass is 342 g/mol. The van der Waals surface area contributed by atoms with Gasteiger partial charge in [0.25, 0.3) is 0 Å². The fourth-order valence-electron chi connectivity index (χ4n) is 0.893. The molecular weight excluding hydrogens is 332 g/mol. The van der Waals surface area contributed by atoms with Crippen LogP contribution in [0, 0.1) is 0 Å². The zero-order valence-electron chi connectivity index (χ0n) is 7.96. The Labute approximate surface area is 105 Å². The highest BCUT2D eigenvalue weighted by Crippen LogP contribution is 2.35. The Morgan fingerprint density at radius 2 is 2.14 bits per heavy atom. The lowest BCUT2D eigenvalue weighted by molar-refractivity contribution is 0.00632. The zero-order chi connectivity index (χ0) is 10.7. The van der Waals surface area contributed by atoms with Gasteiger partial charge in [-0.05, 0) is 51.8 Å². The van der Waals surface area contributed by atoms with Gasteiger partial charge in [0.05, 0.1) is 16.5 Å². The second kappa shape index (κ2) is 5.61. The van der Waals surface area contributed by atoms with E-state index in [1.54, 1.807) is 0 Å². The minimum Gasteiger partial charge on any atom is -0.385 e. The molecule has 5 heteroatoms. The van der Waals surface area contributed by atoms with E-state index in [2.05, 4.69) is 31.9 Å². The lowest BCUT2D eigenvalue weighted by Gasteiger charge is -2.11. The van der Waals surface area contributed by atoms with E-state index < -0.39 is 6.10 Å². The second-order valence-electron chi connectivity index (χ2n) is 3.17. The molecule has 0 aromatic carbocycles. The molecule has 14 heavy (non-hydrogen) atoms. The van der Waals surface area contributed by atoms with Crippen molar-refractivity contribution in [2.75, 3.05) is 6.61 Å². The van der Waals surface area contributed by atoms with Crippen LogP contribution in [0.15, 0.2) is 14.3 Å². The van der Waals surface area contributed by atoms with Crippen LogP contribution in [0.2, 0.25) is 0 Å². The van der Waals surface area contributed by atoms with Crippen molar-refractivity contribution < 1.29 is 9.84 Å². The number of aliphatic hydroxyl groups excluding tert-OH is 1. The van der Waals surface area contributed by atoms with Crippen molar-refractivity contribution in [2.24, 2.45) is 0 Å². The summed E-state index contributed by atoms with van der Waals surface area (Å²) in [6.45, 7) is 4.25. The molecule has 1 rings (SSSR count). The highest BCUT2D eigenvalue weighted by atomic mass is 79.9. The van der Waals surface area contributed by atoms with Crippen LogP contribution in [0.25, 0.3) is 0 Å². The summed E-state index contributed by atoms with van der Waals surface area (Å²) in [5.41, 5.74) is 0. The van der Waals surface area contributed by atoms with Gasteiger partial charge in [0, 0.05) is 9.35 Å². The lowest BCUT2D eigenvalue weighted by Crippen LogP contribution is -2.10. The van der Waals surface area contributed by atoms with Gasteiger partial charge in [-0.3, -0.25) is 0 Å². The Hall–Kier alpha value is 0.580. The number of hydrogen-bond donors (Lipinski definition) is 1. The third-order valence-corrected chi connectivity index (χ3v) is 4.94. The Morgan fingerprint density at radius 3 is 2.57 bits per heavy atom. The van der Waals surface area contributed by atoms with E-state index in [1.165, 1.54) is 11.3 Å². The van der Waals surface area contributed by atoms with Crippen LogP contribution < -0.4 is 0 Å². The molecule has 1 aromatic rings. The minimum absolute atomic E-state index is 0.150. The van der Waals surface area contributed by atoms with Gasteiger partial charge in [-0.15, -0.1) is 11.3 Å². The molecule has 1 heterocycles. The molecule has 1 unspecified atom stereocenters. The first-order valence-corrected chi connectivity index (χ1v) is 6.65. The van der Waals surface area contributed by atoms with E-state index in [4.69, 9.17) is 4.74 Å². The molecule has 0 radical (unpaired) electrons. The summed E-state index contributed by atoms with van der Waals surface area (Å²) in [6.07, 6.45) is -0.388. The van der Waals surface area contributed by atoms with Gasteiger partial charge in [0.15, 0.2) is 0 Å². The largest absolute Gasteiger partial charge is 0.385 e. The molecule has 1 aromatic heterocycles. The van der Waals surface area contributed by atoms with E-state index in [1.807, 2.05) is 19.9 Å². The summed E-state index contributed by atoms with van der Waals surface area (Å²) in [5.74, 6) is 0. The fourth-order valence-corrected chi connectivity index (χ4v) is 2.95. The molecular formula is C9H12Br2O2S. The molecule has 1 atom stereocenters. The van der Waals surface area contributed by atoms with Crippen LogP contribution in [0.1, 0.15) is 24.8 Å². The Balaban J connectivity index is 2.56. The average molecular weight is 344 g/mol. The van der Waals surface area contributed by atoms with E-state index in [0.29, 0.717) is 6.61 Å². The molecule has 0 aliphatic heterocycles. The van der Waals surface area contributed by atoms with Gasteiger partial charge in [0.2, 0.25) is 0 Å². The summed E-state index contributed by atoms with van der Waals surface area (Å²) < 4.78 is 7.30. The van der Waals surface area contributed by atoms with Crippen LogP contribution in [0.4, 0.5) is 0 Å². The van der Waals surface area contributed by atoms with Gasteiger partial charge in [0.1, 0.15) is 6.10 Å². The predicted octanol–water partition coefficient (Wildman–Crippen LogP) is 3.73. The average Bonchev–Trinajstić information content (AvgIpc) is 2.43. The maximum absolute atomic E-state index is 9.75. The lowest BCUT2D eigenvalue weighted by atomic mass is 10.3. The highest BCUT2D eigenvalue weighted by molar-refractivity contribution is 9.13. The van der Waals surface area contributed by atoms with Gasteiger partial charge in [-0.25, -0.2) is 0 Å². The van der Waals surface area contributed by atoms with Gasteiger partial charge < -0.3 is 9.84 Å². The van der Waals surface area contributed by atoms with Crippen molar-refractivity contribution in [1.29, 1.82) is 0 Å². The standard InChI is InChI=1S/C9H12Br2O2S/c1-5(2)13-4-7(12)8-3-6(10)9(11)14-8/h3,5,7,12H,4H2,1-2H3. The molecule has 0 bridgehead atoms. The molecule has 0 saturated carbocycles. The topological polar surface area (TPSA) is 29.5 Å². The second-order valence-corrected chi connectivity index (χ2v) is 6.42. The molecule has 0 fully saturated rings. The van der Waals surface area contributed by atoms with Crippen molar-refractivity contribution in [3.05, 3.63) is 19.2 Å². The Kier molecular flexibility index (Phi) is 5.06. The number of rotatable bonds is 4. The van der Waals surface area contributed by atoms with Crippen molar-refractivity contribution in [1.82, 2.24) is 0 Å². The van der Waals surface area contributed by atoms with E-state index in [9.17, 15) is 5.11 Å². The minimum atomic E-state index is -0.537. The first-order chi connectivity index (χ1) is 6.50. The zero-order valence-corrected chi connectivity index (χ0v) is 11.9. The molecule has 80 valence electrons. The molecule has 2 nitrogen and oxygen atoms in total. The van der Waals surface area contributed by atoms with Crippen LogP contribution in [0.3, 0.4) is 0 Å². The first kappa shape index (κ1) is 12.6. The molecule has 0 spiro atoms. The number of ether oxygens (including phenoxy) is 1. The van der Waals surface area contributed by atoms with E-state index >= 15 is 0 Å². The normalized spacial score (nSPS) is 13.6. The van der Waals surface area contributed by atoms with E-state index in [-0.39, 0.29) is 6.10 Å². The number of thiophene rings is 1. The number of halogens is 2. The van der Waals surface area contributed by atoms with Crippen LogP contribution >= 0.6 is 43.2 Å². The van der Waals surface area contributed by atoms with E-state index in [0.717, 1.165) is 13.1 Å². The van der Waals surface area contributed by atoms with Crippen LogP contribution in [-0.2, 0) is 4.74 Å². The number of aliphatic hydroxyl groups is 1. The molecule has 0 amide bonds. The van der Waals surface area contributed by atoms with Crippen molar-refractivity contribution in [3.63, 3.8) is 0 Å². The van der Waals surface area contributed by atoms with Gasteiger partial charge in [-0.1, -0.05) is 0 Å². The van der Waals surface area contributed by atoms with Crippen LogP contribution in [0.5, 0.6) is 0 Å². The molecule has 0 saturated heterocycles. The van der Waals surface area contributed by atoms with Crippen molar-refractivity contribution in [2.45, 2.75) is 26.1 Å². The van der Waals surface area contributed by atoms with Gasteiger partial charge >= 0.3 is 0 Å². The van der Waals surface area contributed by atoms with Crippen LogP contribution in [-0.4, -0.2) is 17.8 Å². The summed E-state index contributed by atoms with van der Waals surface area (Å²) in [4.78, 5) is 0.907. The fraction of sp³-hybridized carbons (Fsp3) is 0.556. The van der Waals surface area contributed by atoms with Gasteiger partial charge in [-0.2, -0.15) is 0 Å². The summed E-state index contributed by atoms with van der Waals surface area (Å²) in [7, 11) is 0. The third kappa shape index (κ3) is 3.62. The first-order valence-electron chi connectivity index (χ1n) is 4.25. The smallest absolute Gasteiger partial charge is 0.112 e. The summed E-state index contributed by atoms with van der Waals surface area (Å²) in [5, 5.41) is 9.75. The van der Waals surface area contributed by atoms with Crippen molar-refractivity contribution in [3.8, 4) is 0 Å². The molecule has 1 N–H and O–H groups in total. The quantitative estimate of drug-likeness (QED) is 0.902. The third-order valence-electron chi connectivity index (χ3n) is 1.58. The van der Waals surface area contributed by atoms with Crippen molar-refractivity contribution >= 4 is 43.2 Å². The molecule has 0 aliphatic rings. The maximum atomic E-state index is 9.75.